The summed E-state index contributed by atoms with van der Waals surface area (Å²) >= 11 is 0. The van der Waals surface area contributed by atoms with Crippen LogP contribution in [0.4, 0.5) is 11.4 Å². The lowest BCUT2D eigenvalue weighted by atomic mass is 10.1. The highest BCUT2D eigenvalue weighted by Gasteiger charge is 2.21. The van der Waals surface area contributed by atoms with Crippen LogP contribution in [0, 0.1) is 6.92 Å². The molecule has 198 valence electrons. The third-order valence-electron chi connectivity index (χ3n) is 6.07. The number of nitrogens with zero attached hydrogens (tertiary/aromatic N) is 2. The van der Waals surface area contributed by atoms with E-state index in [1.54, 1.807) is 85.8 Å². The minimum Gasteiger partial charge on any atom is -0.322 e. The summed E-state index contributed by atoms with van der Waals surface area (Å²) < 4.78 is 27.0. The van der Waals surface area contributed by atoms with E-state index in [4.69, 9.17) is 0 Å². The number of aryl methyl sites for hydroxylation is 1. The Balaban J connectivity index is 1.41. The van der Waals surface area contributed by atoms with E-state index >= 15 is 0 Å². The summed E-state index contributed by atoms with van der Waals surface area (Å²) in [4.78, 5) is 25.3. The van der Waals surface area contributed by atoms with Gasteiger partial charge in [0.05, 0.1) is 16.3 Å². The van der Waals surface area contributed by atoms with Gasteiger partial charge in [0.25, 0.3) is 21.8 Å². The van der Waals surface area contributed by atoms with Crippen LogP contribution in [0.2, 0.25) is 0 Å². The second-order valence-electron chi connectivity index (χ2n) is 8.87. The van der Waals surface area contributed by atoms with Crippen molar-refractivity contribution in [3.63, 3.8) is 0 Å². The van der Waals surface area contributed by atoms with Gasteiger partial charge < -0.3 is 5.32 Å². The van der Waals surface area contributed by atoms with E-state index < -0.39 is 15.9 Å². The first-order valence-corrected chi connectivity index (χ1v) is 13.6. The van der Waals surface area contributed by atoms with Gasteiger partial charge in [-0.25, -0.2) is 13.8 Å². The van der Waals surface area contributed by atoms with Crippen molar-refractivity contribution in [3.05, 3.63) is 125 Å². The van der Waals surface area contributed by atoms with Crippen LogP contribution in [0.3, 0.4) is 0 Å². The summed E-state index contributed by atoms with van der Waals surface area (Å²) in [5.41, 5.74) is 6.64. The third-order valence-corrected chi connectivity index (χ3v) is 7.87. The molecule has 0 saturated carbocycles. The second-order valence-corrected chi connectivity index (χ2v) is 10.8. The normalized spacial score (nSPS) is 11.5. The smallest absolute Gasteiger partial charge is 0.271 e. The maximum Gasteiger partial charge on any atom is 0.271 e. The highest BCUT2D eigenvalue weighted by molar-refractivity contribution is 7.92. The average molecular weight is 541 g/mol. The number of hydrogen-bond donors (Lipinski definition) is 2. The predicted octanol–water partition coefficient (Wildman–Crippen LogP) is 5.23. The Morgan fingerprint density at radius 2 is 1.36 bits per heavy atom. The third kappa shape index (κ3) is 6.58. The van der Waals surface area contributed by atoms with Gasteiger partial charge in [0.1, 0.15) is 0 Å². The fraction of sp³-hybridized carbons (Fsp3) is 0.100. The molecule has 0 heterocycles. The minimum atomic E-state index is -3.74. The number of benzene rings is 4. The number of rotatable bonds is 8. The number of anilines is 2. The van der Waals surface area contributed by atoms with E-state index in [0.717, 1.165) is 11.1 Å². The molecule has 0 aliphatic rings. The summed E-state index contributed by atoms with van der Waals surface area (Å²) in [6.45, 7) is 3.63. The van der Waals surface area contributed by atoms with Gasteiger partial charge in [0.15, 0.2) is 0 Å². The van der Waals surface area contributed by atoms with Crippen molar-refractivity contribution in [1.82, 2.24) is 5.43 Å². The van der Waals surface area contributed by atoms with E-state index in [-0.39, 0.29) is 10.8 Å². The molecule has 9 heteroatoms. The maximum absolute atomic E-state index is 12.9. The fourth-order valence-corrected chi connectivity index (χ4v) is 4.90. The van der Waals surface area contributed by atoms with E-state index in [1.807, 2.05) is 19.1 Å². The molecule has 0 aliphatic carbocycles. The van der Waals surface area contributed by atoms with Crippen LogP contribution < -0.4 is 15.0 Å². The van der Waals surface area contributed by atoms with Crippen LogP contribution in [0.5, 0.6) is 0 Å². The van der Waals surface area contributed by atoms with E-state index in [0.29, 0.717) is 28.2 Å². The molecule has 8 nitrogen and oxygen atoms in total. The quantitative estimate of drug-likeness (QED) is 0.236. The Kier molecular flexibility index (Phi) is 8.21. The molecule has 0 radical (unpaired) electrons. The van der Waals surface area contributed by atoms with Crippen molar-refractivity contribution in [3.8, 4) is 0 Å². The lowest BCUT2D eigenvalue weighted by Gasteiger charge is -2.19. The highest BCUT2D eigenvalue weighted by atomic mass is 32.2. The number of sulfonamides is 1. The van der Waals surface area contributed by atoms with Gasteiger partial charge >= 0.3 is 0 Å². The lowest BCUT2D eigenvalue weighted by Crippen LogP contribution is -2.26. The molecule has 39 heavy (non-hydrogen) atoms. The zero-order valence-corrected chi connectivity index (χ0v) is 22.6. The average Bonchev–Trinajstić information content (AvgIpc) is 2.96. The minimum absolute atomic E-state index is 0.186. The van der Waals surface area contributed by atoms with Crippen molar-refractivity contribution in [2.45, 2.75) is 18.7 Å². The molecule has 4 rings (SSSR count). The van der Waals surface area contributed by atoms with Gasteiger partial charge in [-0.15, -0.1) is 0 Å². The number of nitrogens with one attached hydrogen (secondary N) is 2. The topological polar surface area (TPSA) is 108 Å². The van der Waals surface area contributed by atoms with Gasteiger partial charge in [-0.3, -0.25) is 13.9 Å². The van der Waals surface area contributed by atoms with Crippen molar-refractivity contribution in [2.24, 2.45) is 5.10 Å². The van der Waals surface area contributed by atoms with Crippen molar-refractivity contribution >= 4 is 38.9 Å². The van der Waals surface area contributed by atoms with Crippen molar-refractivity contribution in [1.29, 1.82) is 0 Å². The van der Waals surface area contributed by atoms with Crippen LogP contribution in [-0.4, -0.2) is 33.0 Å². The maximum atomic E-state index is 12.9. The number of hydrogen-bond acceptors (Lipinski definition) is 5. The van der Waals surface area contributed by atoms with Crippen LogP contribution in [0.15, 0.2) is 113 Å². The van der Waals surface area contributed by atoms with Crippen LogP contribution >= 0.6 is 0 Å². The molecule has 2 amide bonds. The summed E-state index contributed by atoms with van der Waals surface area (Å²) in [6.07, 6.45) is 0. The Bertz CT molecular complexity index is 1620. The van der Waals surface area contributed by atoms with E-state index in [9.17, 15) is 18.0 Å². The molecule has 2 N–H and O–H groups in total. The van der Waals surface area contributed by atoms with Gasteiger partial charge in [-0.05, 0) is 80.1 Å². The monoisotopic (exact) mass is 540 g/mol. The number of amides is 2. The molecule has 0 unspecified atom stereocenters. The zero-order valence-electron chi connectivity index (χ0n) is 21.8. The molecule has 0 atom stereocenters. The molecule has 4 aromatic rings. The lowest BCUT2D eigenvalue weighted by molar-refractivity contribution is 0.0954. The van der Waals surface area contributed by atoms with Gasteiger partial charge in [0.2, 0.25) is 0 Å². The molecular weight excluding hydrogens is 512 g/mol. The molecule has 0 spiro atoms. The first-order valence-electron chi connectivity index (χ1n) is 12.1. The standard InChI is InChI=1S/C30H28N4O4S/c1-21-12-18-28(19-13-21)39(37,38)34(3)27-16-14-24(15-17-27)30(36)33-32-22(2)25-10-7-11-26(20-25)31-29(35)23-8-5-4-6-9-23/h4-20H,1-3H3,(H,31,35)(H,33,36)/b32-22-. The highest BCUT2D eigenvalue weighted by Crippen LogP contribution is 2.23. The summed E-state index contributed by atoms with van der Waals surface area (Å²) in [5, 5.41) is 7.04. The molecule has 0 aromatic heterocycles. The Morgan fingerprint density at radius 1 is 0.744 bits per heavy atom. The molecular formula is C30H28N4O4S. The van der Waals surface area contributed by atoms with Crippen molar-refractivity contribution in [2.75, 3.05) is 16.7 Å². The number of carbonyl (C=O) groups is 2. The predicted molar refractivity (Wildman–Crippen MR) is 154 cm³/mol. The zero-order chi connectivity index (χ0) is 28.0. The molecule has 4 aromatic carbocycles. The van der Waals surface area contributed by atoms with Crippen LogP contribution in [-0.2, 0) is 10.0 Å². The van der Waals surface area contributed by atoms with E-state index in [1.165, 1.54) is 23.5 Å². The SMILES string of the molecule is C/C(=N/NC(=O)c1ccc(N(C)S(=O)(=O)c2ccc(C)cc2)cc1)c1cccc(NC(=O)c2ccccc2)c1. The Morgan fingerprint density at radius 3 is 2.03 bits per heavy atom. The first kappa shape index (κ1) is 27.3. The molecule has 0 bridgehead atoms. The summed E-state index contributed by atoms with van der Waals surface area (Å²) in [5.74, 6) is -0.671. The van der Waals surface area contributed by atoms with Crippen LogP contribution in [0.1, 0.15) is 38.8 Å². The summed E-state index contributed by atoms with van der Waals surface area (Å²) in [6, 6.07) is 28.9. The second kappa shape index (κ2) is 11.7. The van der Waals surface area contributed by atoms with Crippen LogP contribution in [0.25, 0.3) is 0 Å². The first-order chi connectivity index (χ1) is 18.6. The van der Waals surface area contributed by atoms with E-state index in [2.05, 4.69) is 15.8 Å². The van der Waals surface area contributed by atoms with Gasteiger partial charge in [-0.2, -0.15) is 5.10 Å². The van der Waals surface area contributed by atoms with Crippen molar-refractivity contribution < 1.29 is 18.0 Å². The largest absolute Gasteiger partial charge is 0.322 e. The molecule has 0 aliphatic heterocycles. The summed E-state index contributed by atoms with van der Waals surface area (Å²) in [7, 11) is -2.27. The number of hydrazone groups is 1. The number of carbonyl (C=O) groups excluding carboxylic acids is 2. The Labute approximate surface area is 228 Å². The molecule has 0 fully saturated rings. The van der Waals surface area contributed by atoms with Gasteiger partial charge in [-0.1, -0.05) is 48.0 Å². The fourth-order valence-electron chi connectivity index (χ4n) is 3.71. The Hall–Kier alpha value is -4.76. The molecule has 0 saturated heterocycles. The van der Waals surface area contributed by atoms with Gasteiger partial charge in [0, 0.05) is 23.9 Å².